The van der Waals surface area contributed by atoms with E-state index in [1.165, 1.54) is 18.1 Å². The molecule has 7 rings (SSSR count). The second kappa shape index (κ2) is 12.5. The third-order valence-electron chi connectivity index (χ3n) is 11.0. The van der Waals surface area contributed by atoms with Gasteiger partial charge in [-0.2, -0.15) is 0 Å². The lowest BCUT2D eigenvalue weighted by atomic mass is 9.48. The number of rotatable bonds is 10. The molecule has 1 saturated heterocycles. The minimum Gasteiger partial charge on any atom is -0.493 e. The molecule has 3 aromatic carbocycles. The molecular formula is C40H46N2O5. The maximum Gasteiger partial charge on any atom is 0.303 e. The molecule has 1 saturated carbocycles. The van der Waals surface area contributed by atoms with Crippen molar-refractivity contribution in [1.29, 1.82) is 0 Å². The zero-order chi connectivity index (χ0) is 32.8. The van der Waals surface area contributed by atoms with Crippen molar-refractivity contribution in [2.24, 2.45) is 5.92 Å². The summed E-state index contributed by atoms with van der Waals surface area (Å²) >= 11 is 0. The van der Waals surface area contributed by atoms with Crippen LogP contribution in [0.3, 0.4) is 0 Å². The Bertz CT molecular complexity index is 1660. The van der Waals surface area contributed by atoms with Crippen LogP contribution in [0.5, 0.6) is 11.5 Å². The van der Waals surface area contributed by atoms with E-state index in [-0.39, 0.29) is 36.0 Å². The van der Waals surface area contributed by atoms with E-state index in [1.807, 2.05) is 47.4 Å². The van der Waals surface area contributed by atoms with Gasteiger partial charge in [0.1, 0.15) is 11.7 Å². The Morgan fingerprint density at radius 1 is 1.04 bits per heavy atom. The number of benzene rings is 3. The molecule has 1 amide bonds. The number of carbonyl (C=O) groups excluding carboxylic acids is 2. The second-order valence-corrected chi connectivity index (χ2v) is 14.1. The van der Waals surface area contributed by atoms with Crippen LogP contribution < -0.4 is 9.47 Å². The smallest absolute Gasteiger partial charge is 0.303 e. The molecule has 7 nitrogen and oxygen atoms in total. The third-order valence-corrected chi connectivity index (χ3v) is 11.0. The Kier molecular flexibility index (Phi) is 8.37. The van der Waals surface area contributed by atoms with Crippen LogP contribution in [0.15, 0.2) is 78.9 Å². The number of hydrogen-bond donors (Lipinski definition) is 0. The average molecular weight is 635 g/mol. The van der Waals surface area contributed by atoms with E-state index in [0.29, 0.717) is 25.1 Å². The fourth-order valence-electron chi connectivity index (χ4n) is 9.30. The third kappa shape index (κ3) is 5.23. The van der Waals surface area contributed by atoms with Crippen molar-refractivity contribution in [3.8, 4) is 11.5 Å². The topological polar surface area (TPSA) is 68.3 Å². The first-order chi connectivity index (χ1) is 22.8. The van der Waals surface area contributed by atoms with E-state index in [2.05, 4.69) is 55.1 Å². The van der Waals surface area contributed by atoms with Gasteiger partial charge in [0.05, 0.1) is 24.6 Å². The number of methoxy groups -OCH3 is 1. The summed E-state index contributed by atoms with van der Waals surface area (Å²) in [6.45, 7) is 8.18. The molecule has 47 heavy (non-hydrogen) atoms. The molecule has 2 fully saturated rings. The van der Waals surface area contributed by atoms with Gasteiger partial charge in [0, 0.05) is 31.7 Å². The highest BCUT2D eigenvalue weighted by atomic mass is 16.6. The Balaban J connectivity index is 1.32. The van der Waals surface area contributed by atoms with Crippen LogP contribution in [0.2, 0.25) is 0 Å². The van der Waals surface area contributed by atoms with Gasteiger partial charge >= 0.3 is 5.97 Å². The van der Waals surface area contributed by atoms with Gasteiger partial charge in [-0.3, -0.25) is 14.5 Å². The van der Waals surface area contributed by atoms with E-state index >= 15 is 0 Å². The first-order valence-corrected chi connectivity index (χ1v) is 17.2. The summed E-state index contributed by atoms with van der Waals surface area (Å²) in [5.41, 5.74) is 3.25. The van der Waals surface area contributed by atoms with Gasteiger partial charge in [-0.05, 0) is 73.4 Å². The van der Waals surface area contributed by atoms with E-state index in [0.717, 1.165) is 49.2 Å². The van der Waals surface area contributed by atoms with Crippen LogP contribution in [0.1, 0.15) is 62.3 Å². The van der Waals surface area contributed by atoms with Gasteiger partial charge in [-0.1, -0.05) is 80.6 Å². The maximum atomic E-state index is 14.2. The van der Waals surface area contributed by atoms with Gasteiger partial charge in [0.25, 0.3) is 0 Å². The Morgan fingerprint density at radius 3 is 2.49 bits per heavy atom. The first-order valence-electron chi connectivity index (χ1n) is 17.2. The van der Waals surface area contributed by atoms with Crippen LogP contribution in [0.25, 0.3) is 6.08 Å². The number of likely N-dealkylation sites (tertiary alicyclic amines) is 1. The van der Waals surface area contributed by atoms with Crippen molar-refractivity contribution < 1.29 is 23.8 Å². The lowest BCUT2D eigenvalue weighted by Crippen LogP contribution is -2.79. The van der Waals surface area contributed by atoms with Crippen molar-refractivity contribution in [3.63, 3.8) is 0 Å². The summed E-state index contributed by atoms with van der Waals surface area (Å²) in [7, 11) is 1.68. The number of piperidine rings is 1. The van der Waals surface area contributed by atoms with E-state index in [1.54, 1.807) is 13.2 Å². The van der Waals surface area contributed by atoms with Crippen molar-refractivity contribution in [2.75, 3.05) is 26.7 Å². The van der Waals surface area contributed by atoms with Crippen molar-refractivity contribution in [1.82, 2.24) is 9.80 Å². The fourth-order valence-corrected chi connectivity index (χ4v) is 9.30. The molecule has 3 aromatic rings. The summed E-state index contributed by atoms with van der Waals surface area (Å²) in [6.07, 6.45) is 7.01. The summed E-state index contributed by atoms with van der Waals surface area (Å²) in [4.78, 5) is 31.9. The van der Waals surface area contributed by atoms with Crippen LogP contribution in [-0.4, -0.2) is 72.2 Å². The molecule has 0 radical (unpaired) electrons. The molecule has 2 aliphatic carbocycles. The average Bonchev–Trinajstić information content (AvgIpc) is 3.42. The van der Waals surface area contributed by atoms with Crippen LogP contribution in [0, 0.1) is 5.92 Å². The summed E-state index contributed by atoms with van der Waals surface area (Å²) in [5, 5.41) is 0. The molecule has 5 atom stereocenters. The van der Waals surface area contributed by atoms with E-state index < -0.39 is 11.0 Å². The van der Waals surface area contributed by atoms with Crippen molar-refractivity contribution in [3.05, 3.63) is 101 Å². The predicted molar refractivity (Wildman–Crippen MR) is 182 cm³/mol. The SMILES string of the molecule is COc1ccc2c3c1O[C@H]1[C@H](N(CC(C)C)C(=O)C=Cc4ccccc4)CC[C@@]4(OC(C)=O)[C@@H](C2)N(CCc2ccccc2)CC[C@]314. The second-order valence-electron chi connectivity index (χ2n) is 14.1. The highest BCUT2D eigenvalue weighted by Crippen LogP contribution is 2.67. The van der Waals surface area contributed by atoms with E-state index in [4.69, 9.17) is 14.2 Å². The summed E-state index contributed by atoms with van der Waals surface area (Å²) in [5.74, 6) is 1.42. The Hall–Kier alpha value is -4.10. The maximum absolute atomic E-state index is 14.2. The van der Waals surface area contributed by atoms with Crippen LogP contribution in [-0.2, 0) is 32.6 Å². The summed E-state index contributed by atoms with van der Waals surface area (Å²) in [6, 6.07) is 24.5. The molecule has 0 N–H and O–H groups in total. The fraction of sp³-hybridized carbons (Fsp3) is 0.450. The molecule has 2 bridgehead atoms. The van der Waals surface area contributed by atoms with Gasteiger partial charge in [-0.15, -0.1) is 0 Å². The minimum absolute atomic E-state index is 0.00464. The van der Waals surface area contributed by atoms with E-state index in [9.17, 15) is 9.59 Å². The number of hydrogen-bond acceptors (Lipinski definition) is 6. The van der Waals surface area contributed by atoms with Crippen LogP contribution in [0.4, 0.5) is 0 Å². The lowest BCUT2D eigenvalue weighted by molar-refractivity contribution is -0.224. The molecular weight excluding hydrogens is 588 g/mol. The Labute approximate surface area is 278 Å². The quantitative estimate of drug-likeness (QED) is 0.195. The van der Waals surface area contributed by atoms with Gasteiger partial charge < -0.3 is 19.1 Å². The Morgan fingerprint density at radius 2 is 1.79 bits per heavy atom. The number of amides is 1. The predicted octanol–water partition coefficient (Wildman–Crippen LogP) is 6.23. The molecule has 0 aromatic heterocycles. The standard InChI is InChI=1S/C40H46N2O5/c1-27(2)26-42(35(44)18-15-29-11-7-5-8-12-29)32-19-21-40(47-28(3)43)34-25-31-16-17-33(45-4)37-36(31)39(40,38(32)46-37)22-24-41(34)23-20-30-13-9-6-10-14-30/h5-18,27,32,34,38H,19-26H2,1-4H3/t32-,34-,38+,39+,40-/m1/s1. The number of esters is 1. The molecule has 1 spiro atoms. The van der Waals surface area contributed by atoms with Crippen LogP contribution >= 0.6 is 0 Å². The van der Waals surface area contributed by atoms with Gasteiger partial charge in [0.15, 0.2) is 11.5 Å². The number of carbonyl (C=O) groups is 2. The molecule has 2 heterocycles. The normalized spacial score (nSPS) is 27.3. The lowest BCUT2D eigenvalue weighted by Gasteiger charge is -2.65. The zero-order valence-corrected chi connectivity index (χ0v) is 28.0. The molecule has 7 heteroatoms. The first kappa shape index (κ1) is 31.5. The molecule has 2 aliphatic heterocycles. The number of nitrogens with zero attached hydrogens (tertiary/aromatic N) is 2. The van der Waals surface area contributed by atoms with Crippen molar-refractivity contribution >= 4 is 18.0 Å². The summed E-state index contributed by atoms with van der Waals surface area (Å²) < 4.78 is 19.7. The molecule has 4 aliphatic rings. The molecule has 246 valence electrons. The highest BCUT2D eigenvalue weighted by molar-refractivity contribution is 5.92. The molecule has 0 unspecified atom stereocenters. The van der Waals surface area contributed by atoms with Gasteiger partial charge in [0.2, 0.25) is 5.91 Å². The highest BCUT2D eigenvalue weighted by Gasteiger charge is 2.75. The minimum atomic E-state index is -0.786. The van der Waals surface area contributed by atoms with Crippen molar-refractivity contribution in [2.45, 2.75) is 82.1 Å². The monoisotopic (exact) mass is 634 g/mol. The largest absolute Gasteiger partial charge is 0.493 e. The number of ether oxygens (including phenoxy) is 3. The zero-order valence-electron chi connectivity index (χ0n) is 28.0. The van der Waals surface area contributed by atoms with Gasteiger partial charge in [-0.25, -0.2) is 0 Å².